The van der Waals surface area contributed by atoms with Gasteiger partial charge in [0.05, 0.1) is 17.3 Å². The summed E-state index contributed by atoms with van der Waals surface area (Å²) in [5, 5.41) is 10.6. The van der Waals surface area contributed by atoms with Crippen molar-refractivity contribution in [2.45, 2.75) is 51.4 Å². The summed E-state index contributed by atoms with van der Waals surface area (Å²) >= 11 is 3.45. The van der Waals surface area contributed by atoms with Gasteiger partial charge in [0, 0.05) is 10.4 Å². The first-order valence-corrected chi connectivity index (χ1v) is 7.14. The highest BCUT2D eigenvalue weighted by atomic mass is 79.9. The monoisotopic (exact) mass is 312 g/mol. The number of rotatable bonds is 2. The summed E-state index contributed by atoms with van der Waals surface area (Å²) in [6.07, 6.45) is 0.382. The number of hydrogen-bond acceptors (Lipinski definition) is 2. The summed E-state index contributed by atoms with van der Waals surface area (Å²) in [5.74, 6) is 0.113. The van der Waals surface area contributed by atoms with Gasteiger partial charge in [-0.3, -0.25) is 0 Å². The fraction of sp³-hybridized carbons (Fsp3) is 0.600. The van der Waals surface area contributed by atoms with E-state index in [1.54, 1.807) is 0 Å². The van der Waals surface area contributed by atoms with Gasteiger partial charge in [0.1, 0.15) is 0 Å². The maximum Gasteiger partial charge on any atom is 0.0847 e. The van der Waals surface area contributed by atoms with Gasteiger partial charge in [-0.2, -0.15) is 0 Å². The molecule has 2 rings (SSSR count). The first kappa shape index (κ1) is 14.0. The number of ether oxygens (including phenoxy) is 1. The van der Waals surface area contributed by atoms with Gasteiger partial charge in [0.2, 0.25) is 0 Å². The van der Waals surface area contributed by atoms with Crippen molar-refractivity contribution in [3.8, 4) is 0 Å². The molecule has 0 radical (unpaired) electrons. The van der Waals surface area contributed by atoms with Gasteiger partial charge in [0.25, 0.3) is 0 Å². The minimum atomic E-state index is -0.487. The van der Waals surface area contributed by atoms with Crippen molar-refractivity contribution in [1.29, 1.82) is 0 Å². The van der Waals surface area contributed by atoms with E-state index in [2.05, 4.69) is 43.6 Å². The molecule has 2 unspecified atom stereocenters. The van der Waals surface area contributed by atoms with Gasteiger partial charge in [-0.25, -0.2) is 0 Å². The predicted octanol–water partition coefficient (Wildman–Crippen LogP) is 4.08. The highest BCUT2D eigenvalue weighted by Crippen LogP contribution is 2.47. The van der Waals surface area contributed by atoms with Gasteiger partial charge in [-0.15, -0.1) is 0 Å². The van der Waals surface area contributed by atoms with Crippen LogP contribution in [0.15, 0.2) is 28.7 Å². The normalized spacial score (nSPS) is 27.1. The SMILES string of the molecule is CC1(C)CC(C(O)c2cccc(Br)c2)C(C)(C)O1. The molecule has 0 bridgehead atoms. The van der Waals surface area contributed by atoms with Crippen LogP contribution in [0, 0.1) is 5.92 Å². The minimum Gasteiger partial charge on any atom is -0.388 e. The van der Waals surface area contributed by atoms with Crippen LogP contribution in [0.3, 0.4) is 0 Å². The molecule has 3 heteroatoms. The van der Waals surface area contributed by atoms with Crippen molar-refractivity contribution in [3.63, 3.8) is 0 Å². The van der Waals surface area contributed by atoms with Crippen LogP contribution >= 0.6 is 15.9 Å². The van der Waals surface area contributed by atoms with E-state index < -0.39 is 6.10 Å². The maximum atomic E-state index is 10.6. The second-order valence-corrected chi connectivity index (χ2v) is 7.19. The van der Waals surface area contributed by atoms with Gasteiger partial charge >= 0.3 is 0 Å². The van der Waals surface area contributed by atoms with E-state index in [-0.39, 0.29) is 17.1 Å². The van der Waals surface area contributed by atoms with Gasteiger partial charge in [0.15, 0.2) is 0 Å². The Balaban J connectivity index is 2.26. The Kier molecular flexibility index (Phi) is 3.60. The lowest BCUT2D eigenvalue weighted by Crippen LogP contribution is -2.32. The second-order valence-electron chi connectivity index (χ2n) is 6.28. The van der Waals surface area contributed by atoms with E-state index in [0.29, 0.717) is 0 Å². The first-order valence-electron chi connectivity index (χ1n) is 6.35. The van der Waals surface area contributed by atoms with E-state index in [1.807, 2.05) is 24.3 Å². The number of benzene rings is 1. The molecule has 2 atom stereocenters. The van der Waals surface area contributed by atoms with Crippen LogP contribution in [0.5, 0.6) is 0 Å². The van der Waals surface area contributed by atoms with Crippen LogP contribution in [0.25, 0.3) is 0 Å². The average Bonchev–Trinajstić information content (AvgIpc) is 2.45. The van der Waals surface area contributed by atoms with Gasteiger partial charge in [-0.1, -0.05) is 28.1 Å². The molecular formula is C15H21BrO2. The summed E-state index contributed by atoms with van der Waals surface area (Å²) in [6.45, 7) is 8.30. The molecule has 1 aromatic rings. The van der Waals surface area contributed by atoms with Gasteiger partial charge in [-0.05, 0) is 51.8 Å². The minimum absolute atomic E-state index is 0.113. The third-order valence-electron chi connectivity index (χ3n) is 3.72. The number of hydrogen-bond donors (Lipinski definition) is 1. The van der Waals surface area contributed by atoms with E-state index in [0.717, 1.165) is 16.5 Å². The molecule has 1 aliphatic heterocycles. The summed E-state index contributed by atoms with van der Waals surface area (Å²) in [5.41, 5.74) is 0.482. The quantitative estimate of drug-likeness (QED) is 0.891. The fourth-order valence-electron chi connectivity index (χ4n) is 3.02. The molecule has 1 heterocycles. The lowest BCUT2D eigenvalue weighted by molar-refractivity contribution is -0.0880. The molecule has 1 N–H and O–H groups in total. The lowest BCUT2D eigenvalue weighted by Gasteiger charge is -2.30. The zero-order valence-corrected chi connectivity index (χ0v) is 13.0. The molecule has 0 saturated carbocycles. The van der Waals surface area contributed by atoms with Crippen LogP contribution in [-0.4, -0.2) is 16.3 Å². The van der Waals surface area contributed by atoms with Gasteiger partial charge < -0.3 is 9.84 Å². The lowest BCUT2D eigenvalue weighted by atomic mass is 9.80. The topological polar surface area (TPSA) is 29.5 Å². The van der Waals surface area contributed by atoms with E-state index >= 15 is 0 Å². The van der Waals surface area contributed by atoms with Crippen molar-refractivity contribution < 1.29 is 9.84 Å². The molecule has 18 heavy (non-hydrogen) atoms. The predicted molar refractivity (Wildman–Crippen MR) is 76.5 cm³/mol. The average molecular weight is 313 g/mol. The highest BCUT2D eigenvalue weighted by molar-refractivity contribution is 9.10. The Morgan fingerprint density at radius 2 is 2.00 bits per heavy atom. The number of halogens is 1. The third-order valence-corrected chi connectivity index (χ3v) is 4.21. The summed E-state index contributed by atoms with van der Waals surface area (Å²) in [7, 11) is 0. The molecule has 0 amide bonds. The van der Waals surface area contributed by atoms with E-state index in [1.165, 1.54) is 0 Å². The van der Waals surface area contributed by atoms with Crippen molar-refractivity contribution >= 4 is 15.9 Å². The zero-order valence-electron chi connectivity index (χ0n) is 11.4. The van der Waals surface area contributed by atoms with Crippen LogP contribution in [-0.2, 0) is 4.74 Å². The molecule has 0 spiro atoms. The Morgan fingerprint density at radius 3 is 2.50 bits per heavy atom. The smallest absolute Gasteiger partial charge is 0.0847 e. The molecule has 1 aliphatic rings. The largest absolute Gasteiger partial charge is 0.388 e. The van der Waals surface area contributed by atoms with E-state index in [9.17, 15) is 5.11 Å². The fourth-order valence-corrected chi connectivity index (χ4v) is 3.44. The summed E-state index contributed by atoms with van der Waals surface area (Å²) in [4.78, 5) is 0. The molecular weight excluding hydrogens is 292 g/mol. The number of aliphatic hydroxyl groups excluding tert-OH is 1. The van der Waals surface area contributed by atoms with Crippen LogP contribution in [0.2, 0.25) is 0 Å². The molecule has 0 aromatic heterocycles. The third kappa shape index (κ3) is 2.79. The first-order chi connectivity index (χ1) is 8.21. The maximum absolute atomic E-state index is 10.6. The van der Waals surface area contributed by atoms with Crippen LogP contribution in [0.1, 0.15) is 45.8 Å². The van der Waals surface area contributed by atoms with Crippen molar-refractivity contribution in [2.24, 2.45) is 5.92 Å². The number of aliphatic hydroxyl groups is 1. The van der Waals surface area contributed by atoms with Crippen LogP contribution in [0.4, 0.5) is 0 Å². The van der Waals surface area contributed by atoms with E-state index in [4.69, 9.17) is 4.74 Å². The molecule has 1 aromatic carbocycles. The summed E-state index contributed by atoms with van der Waals surface area (Å²) < 4.78 is 7.05. The molecule has 100 valence electrons. The molecule has 0 aliphatic carbocycles. The van der Waals surface area contributed by atoms with Crippen molar-refractivity contribution in [2.75, 3.05) is 0 Å². The standard InChI is InChI=1S/C15H21BrO2/c1-14(2)9-12(15(3,4)18-14)13(17)10-6-5-7-11(16)8-10/h5-8,12-13,17H,9H2,1-4H3. The molecule has 1 fully saturated rings. The Labute approximate surface area is 117 Å². The summed E-state index contributed by atoms with van der Waals surface area (Å²) in [6, 6.07) is 7.87. The second kappa shape index (κ2) is 4.62. The highest BCUT2D eigenvalue weighted by Gasteiger charge is 2.49. The van der Waals surface area contributed by atoms with Crippen molar-refractivity contribution in [3.05, 3.63) is 34.3 Å². The Hall–Kier alpha value is -0.380. The Bertz CT molecular complexity index is 440. The van der Waals surface area contributed by atoms with Crippen molar-refractivity contribution in [1.82, 2.24) is 0 Å². The molecule has 2 nitrogen and oxygen atoms in total. The molecule has 1 saturated heterocycles. The van der Waals surface area contributed by atoms with Crippen LogP contribution < -0.4 is 0 Å². The zero-order chi connectivity index (χ0) is 13.6. The Morgan fingerprint density at radius 1 is 1.33 bits per heavy atom.